The third kappa shape index (κ3) is 2.76. The van der Waals surface area contributed by atoms with E-state index in [2.05, 4.69) is 4.90 Å². The second-order valence-electron chi connectivity index (χ2n) is 3.60. The Hall–Kier alpha value is -0.990. The summed E-state index contributed by atoms with van der Waals surface area (Å²) in [5.41, 5.74) is 0. The van der Waals surface area contributed by atoms with Gasteiger partial charge in [-0.05, 0) is 19.3 Å². The molecule has 0 aromatic carbocycles. The van der Waals surface area contributed by atoms with E-state index in [0.717, 1.165) is 25.2 Å². The van der Waals surface area contributed by atoms with Crippen LogP contribution in [0.25, 0.3) is 0 Å². The SMILES string of the molecule is CN(C)/C(=C\C=O)N1CCCCC1. The fraction of sp³-hybridized carbons (Fsp3) is 0.700. The summed E-state index contributed by atoms with van der Waals surface area (Å²) in [7, 11) is 3.95. The highest BCUT2D eigenvalue weighted by Crippen LogP contribution is 2.15. The van der Waals surface area contributed by atoms with E-state index in [0.29, 0.717) is 0 Å². The zero-order valence-electron chi connectivity index (χ0n) is 8.49. The van der Waals surface area contributed by atoms with Crippen LogP contribution in [0.5, 0.6) is 0 Å². The van der Waals surface area contributed by atoms with Crippen molar-refractivity contribution in [2.45, 2.75) is 19.3 Å². The second kappa shape index (κ2) is 4.90. The topological polar surface area (TPSA) is 23.6 Å². The molecule has 0 unspecified atom stereocenters. The molecule has 0 aromatic rings. The number of hydrogen-bond donors (Lipinski definition) is 0. The van der Waals surface area contributed by atoms with Crippen LogP contribution in [0, 0.1) is 0 Å². The maximum Gasteiger partial charge on any atom is 0.146 e. The molecule has 0 aromatic heterocycles. The Balaban J connectivity index is 2.62. The van der Waals surface area contributed by atoms with E-state index in [9.17, 15) is 4.79 Å². The lowest BCUT2D eigenvalue weighted by atomic mass is 10.1. The van der Waals surface area contributed by atoms with Gasteiger partial charge in [0.15, 0.2) is 0 Å². The predicted molar refractivity (Wildman–Crippen MR) is 53.3 cm³/mol. The molecule has 1 heterocycles. The van der Waals surface area contributed by atoms with Gasteiger partial charge in [-0.15, -0.1) is 0 Å². The summed E-state index contributed by atoms with van der Waals surface area (Å²) in [6.45, 7) is 2.16. The predicted octanol–water partition coefficient (Wildman–Crippen LogP) is 1.07. The summed E-state index contributed by atoms with van der Waals surface area (Å²) in [5, 5.41) is 0. The summed E-state index contributed by atoms with van der Waals surface area (Å²) in [6.07, 6.45) is 6.31. The molecule has 13 heavy (non-hydrogen) atoms. The lowest BCUT2D eigenvalue weighted by Crippen LogP contribution is -2.35. The maximum atomic E-state index is 10.4. The van der Waals surface area contributed by atoms with Crippen molar-refractivity contribution in [3.8, 4) is 0 Å². The Bertz CT molecular complexity index is 193. The quantitative estimate of drug-likeness (QED) is 0.482. The number of hydrogen-bond acceptors (Lipinski definition) is 3. The molecule has 0 saturated carbocycles. The van der Waals surface area contributed by atoms with E-state index in [1.165, 1.54) is 19.3 Å². The number of aldehydes is 1. The van der Waals surface area contributed by atoms with E-state index in [1.54, 1.807) is 6.08 Å². The highest BCUT2D eigenvalue weighted by Gasteiger charge is 2.13. The molecular weight excluding hydrogens is 164 g/mol. The molecule has 1 aliphatic rings. The van der Waals surface area contributed by atoms with Crippen molar-refractivity contribution in [3.63, 3.8) is 0 Å². The first-order chi connectivity index (χ1) is 6.25. The normalized spacial score (nSPS) is 18.6. The molecule has 3 heteroatoms. The maximum absolute atomic E-state index is 10.4. The molecule has 0 aliphatic carbocycles. The van der Waals surface area contributed by atoms with Crippen molar-refractivity contribution in [1.29, 1.82) is 0 Å². The largest absolute Gasteiger partial charge is 0.364 e. The van der Waals surface area contributed by atoms with Crippen molar-refractivity contribution in [1.82, 2.24) is 9.80 Å². The molecule has 1 saturated heterocycles. The van der Waals surface area contributed by atoms with Crippen LogP contribution in [0.1, 0.15) is 19.3 Å². The molecular formula is C10H18N2O. The van der Waals surface area contributed by atoms with Gasteiger partial charge in [0.1, 0.15) is 12.1 Å². The molecule has 1 rings (SSSR count). The fourth-order valence-electron chi connectivity index (χ4n) is 1.72. The summed E-state index contributed by atoms with van der Waals surface area (Å²) < 4.78 is 0. The van der Waals surface area contributed by atoms with E-state index >= 15 is 0 Å². The van der Waals surface area contributed by atoms with Crippen LogP contribution in [-0.2, 0) is 4.79 Å². The van der Waals surface area contributed by atoms with Gasteiger partial charge in [-0.2, -0.15) is 0 Å². The van der Waals surface area contributed by atoms with Crippen LogP contribution >= 0.6 is 0 Å². The molecule has 0 amide bonds. The Kier molecular flexibility index (Phi) is 3.80. The molecule has 3 nitrogen and oxygen atoms in total. The molecule has 0 bridgehead atoms. The molecule has 1 aliphatic heterocycles. The molecule has 0 radical (unpaired) electrons. The van der Waals surface area contributed by atoms with Crippen LogP contribution in [-0.4, -0.2) is 43.3 Å². The van der Waals surface area contributed by atoms with Crippen molar-refractivity contribution in [2.24, 2.45) is 0 Å². The fourth-order valence-corrected chi connectivity index (χ4v) is 1.72. The third-order valence-corrected chi connectivity index (χ3v) is 2.36. The monoisotopic (exact) mass is 182 g/mol. The first-order valence-electron chi connectivity index (χ1n) is 4.83. The Morgan fingerprint density at radius 1 is 1.23 bits per heavy atom. The van der Waals surface area contributed by atoms with Crippen molar-refractivity contribution in [3.05, 3.63) is 11.9 Å². The minimum absolute atomic E-state index is 0.865. The number of likely N-dealkylation sites (tertiary alicyclic amines) is 1. The number of carbonyl (C=O) groups excluding carboxylic acids is 1. The van der Waals surface area contributed by atoms with E-state index in [1.807, 2.05) is 19.0 Å². The number of carbonyl (C=O) groups is 1. The van der Waals surface area contributed by atoms with Gasteiger partial charge in [0, 0.05) is 33.3 Å². The minimum atomic E-state index is 0.865. The summed E-state index contributed by atoms with van der Waals surface area (Å²) in [4.78, 5) is 14.7. The van der Waals surface area contributed by atoms with Crippen LogP contribution < -0.4 is 0 Å². The molecule has 0 spiro atoms. The third-order valence-electron chi connectivity index (χ3n) is 2.36. The smallest absolute Gasteiger partial charge is 0.146 e. The average molecular weight is 182 g/mol. The van der Waals surface area contributed by atoms with Crippen molar-refractivity contribution < 1.29 is 4.79 Å². The van der Waals surface area contributed by atoms with Crippen LogP contribution in [0.4, 0.5) is 0 Å². The van der Waals surface area contributed by atoms with E-state index in [4.69, 9.17) is 0 Å². The molecule has 0 atom stereocenters. The van der Waals surface area contributed by atoms with Gasteiger partial charge in [0.25, 0.3) is 0 Å². The molecule has 1 fully saturated rings. The van der Waals surface area contributed by atoms with E-state index in [-0.39, 0.29) is 0 Å². The lowest BCUT2D eigenvalue weighted by molar-refractivity contribution is -0.104. The highest BCUT2D eigenvalue weighted by atomic mass is 16.1. The van der Waals surface area contributed by atoms with Gasteiger partial charge >= 0.3 is 0 Å². The van der Waals surface area contributed by atoms with Gasteiger partial charge < -0.3 is 9.80 Å². The van der Waals surface area contributed by atoms with Gasteiger partial charge in [-0.1, -0.05) is 0 Å². The zero-order chi connectivity index (χ0) is 9.68. The highest BCUT2D eigenvalue weighted by molar-refractivity contribution is 5.65. The van der Waals surface area contributed by atoms with Crippen LogP contribution in [0.15, 0.2) is 11.9 Å². The van der Waals surface area contributed by atoms with E-state index < -0.39 is 0 Å². The van der Waals surface area contributed by atoms with Gasteiger partial charge in [0.2, 0.25) is 0 Å². The average Bonchev–Trinajstić information content (AvgIpc) is 2.15. The van der Waals surface area contributed by atoms with Gasteiger partial charge in [-0.3, -0.25) is 4.79 Å². The molecule has 74 valence electrons. The number of nitrogens with zero attached hydrogens (tertiary/aromatic N) is 2. The minimum Gasteiger partial charge on any atom is -0.364 e. The van der Waals surface area contributed by atoms with Crippen LogP contribution in [0.3, 0.4) is 0 Å². The Morgan fingerprint density at radius 2 is 1.85 bits per heavy atom. The Morgan fingerprint density at radius 3 is 2.31 bits per heavy atom. The first-order valence-corrected chi connectivity index (χ1v) is 4.83. The standard InChI is InChI=1S/C10H18N2O/c1-11(2)10(6-9-13)12-7-4-3-5-8-12/h6,9H,3-5,7-8H2,1-2H3/b10-6+. The summed E-state index contributed by atoms with van der Waals surface area (Å²) in [6, 6.07) is 0. The zero-order valence-corrected chi connectivity index (χ0v) is 8.49. The van der Waals surface area contributed by atoms with Crippen LogP contribution in [0.2, 0.25) is 0 Å². The summed E-state index contributed by atoms with van der Waals surface area (Å²) in [5.74, 6) is 1.04. The molecule has 0 N–H and O–H groups in total. The second-order valence-corrected chi connectivity index (χ2v) is 3.60. The van der Waals surface area contributed by atoms with Crippen molar-refractivity contribution in [2.75, 3.05) is 27.2 Å². The summed E-state index contributed by atoms with van der Waals surface area (Å²) >= 11 is 0. The number of allylic oxidation sites excluding steroid dienone is 1. The number of piperidine rings is 1. The van der Waals surface area contributed by atoms with Gasteiger partial charge in [0.05, 0.1) is 0 Å². The number of rotatable bonds is 3. The van der Waals surface area contributed by atoms with Gasteiger partial charge in [-0.25, -0.2) is 0 Å². The lowest BCUT2D eigenvalue weighted by Gasteiger charge is -2.34. The first kappa shape index (κ1) is 10.1. The Labute approximate surface area is 80.0 Å². The van der Waals surface area contributed by atoms with Crippen molar-refractivity contribution >= 4 is 6.29 Å².